The number of carbonyl (C=O) groups excluding carboxylic acids is 2. The number of nitrogens with one attached hydrogen (secondary N) is 1. The van der Waals surface area contributed by atoms with E-state index >= 15 is 0 Å². The molecule has 3 nitrogen and oxygen atoms in total. The van der Waals surface area contributed by atoms with Gasteiger partial charge in [-0.15, -0.1) is 11.8 Å². The molecule has 0 saturated carbocycles. The van der Waals surface area contributed by atoms with Crippen LogP contribution in [0.5, 0.6) is 0 Å². The van der Waals surface area contributed by atoms with E-state index in [2.05, 4.69) is 5.32 Å². The van der Waals surface area contributed by atoms with Gasteiger partial charge in [-0.1, -0.05) is 23.7 Å². The van der Waals surface area contributed by atoms with Crippen molar-refractivity contribution in [2.75, 3.05) is 5.75 Å². The fraction of sp³-hybridized carbons (Fsp3) is 0.273. The minimum Gasteiger partial charge on any atom is -0.296 e. The smallest absolute Gasteiger partial charge is 0.236 e. The molecule has 1 N–H and O–H groups in total. The normalized spacial score (nSPS) is 9.88. The van der Waals surface area contributed by atoms with Crippen molar-refractivity contribution < 1.29 is 9.59 Å². The zero-order valence-corrected chi connectivity index (χ0v) is 10.4. The molecule has 0 aromatic heterocycles. The molecule has 0 saturated heterocycles. The van der Waals surface area contributed by atoms with E-state index in [1.807, 2.05) is 24.3 Å². The number of hydrogen-bond donors (Lipinski definition) is 1. The summed E-state index contributed by atoms with van der Waals surface area (Å²) in [7, 11) is 0. The first kappa shape index (κ1) is 13.1. The van der Waals surface area contributed by atoms with Crippen molar-refractivity contribution >= 4 is 35.2 Å². The zero-order chi connectivity index (χ0) is 12.0. The molecule has 86 valence electrons. The molecule has 1 aromatic carbocycles. The molecule has 0 bridgehead atoms. The van der Waals surface area contributed by atoms with Crippen LogP contribution in [0.2, 0.25) is 5.02 Å². The largest absolute Gasteiger partial charge is 0.296 e. The molecule has 0 radical (unpaired) electrons. The fourth-order valence-corrected chi connectivity index (χ4v) is 1.99. The highest BCUT2D eigenvalue weighted by molar-refractivity contribution is 7.99. The molecular weight excluding hydrogens is 246 g/mol. The number of halogens is 1. The monoisotopic (exact) mass is 257 g/mol. The topological polar surface area (TPSA) is 46.2 Å². The maximum absolute atomic E-state index is 11.1. The van der Waals surface area contributed by atoms with E-state index in [0.29, 0.717) is 5.02 Å². The summed E-state index contributed by atoms with van der Waals surface area (Å²) in [5.41, 5.74) is 1.10. The average molecular weight is 258 g/mol. The maximum Gasteiger partial charge on any atom is 0.236 e. The molecule has 0 fully saturated rings. The van der Waals surface area contributed by atoms with E-state index in [1.54, 1.807) is 0 Å². The van der Waals surface area contributed by atoms with Crippen LogP contribution in [0, 0.1) is 0 Å². The molecule has 0 aliphatic heterocycles. The van der Waals surface area contributed by atoms with Crippen LogP contribution in [0.1, 0.15) is 12.5 Å². The second-order valence-electron chi connectivity index (χ2n) is 3.22. The minimum absolute atomic E-state index is 0.258. The van der Waals surface area contributed by atoms with Crippen LogP contribution in [0.4, 0.5) is 0 Å². The summed E-state index contributed by atoms with van der Waals surface area (Å²) in [5, 5.41) is 2.92. The van der Waals surface area contributed by atoms with Gasteiger partial charge in [-0.05, 0) is 17.7 Å². The highest BCUT2D eigenvalue weighted by atomic mass is 35.5. The van der Waals surface area contributed by atoms with E-state index in [-0.39, 0.29) is 17.6 Å². The Morgan fingerprint density at radius 1 is 1.31 bits per heavy atom. The van der Waals surface area contributed by atoms with Crippen LogP contribution in [0.25, 0.3) is 0 Å². The number of rotatable bonds is 4. The molecular formula is C11H12ClNO2S. The quantitative estimate of drug-likeness (QED) is 0.900. The summed E-state index contributed by atoms with van der Waals surface area (Å²) < 4.78 is 0. The van der Waals surface area contributed by atoms with E-state index in [1.165, 1.54) is 18.7 Å². The lowest BCUT2D eigenvalue weighted by molar-refractivity contribution is -0.127. The number of amides is 2. The molecule has 16 heavy (non-hydrogen) atoms. The number of carbonyl (C=O) groups is 2. The van der Waals surface area contributed by atoms with Crippen molar-refractivity contribution in [3.8, 4) is 0 Å². The van der Waals surface area contributed by atoms with Gasteiger partial charge in [0.1, 0.15) is 0 Å². The maximum atomic E-state index is 11.1. The highest BCUT2D eigenvalue weighted by Gasteiger charge is 2.03. The summed E-state index contributed by atoms with van der Waals surface area (Å²) >= 11 is 7.20. The number of imide groups is 1. The van der Waals surface area contributed by atoms with Gasteiger partial charge in [0.15, 0.2) is 0 Å². The van der Waals surface area contributed by atoms with Gasteiger partial charge in [0.25, 0.3) is 0 Å². The standard InChI is InChI=1S/C11H12ClNO2S/c1-8(14)13-11(15)7-16-6-9-2-4-10(12)5-3-9/h2-5H,6-7H2,1H3,(H,13,14,15). The SMILES string of the molecule is CC(=O)NC(=O)CSCc1ccc(Cl)cc1. The van der Waals surface area contributed by atoms with Crippen molar-refractivity contribution in [3.63, 3.8) is 0 Å². The lowest BCUT2D eigenvalue weighted by Gasteiger charge is -2.02. The van der Waals surface area contributed by atoms with Gasteiger partial charge in [-0.3, -0.25) is 14.9 Å². The van der Waals surface area contributed by atoms with Crippen molar-refractivity contribution in [2.45, 2.75) is 12.7 Å². The van der Waals surface area contributed by atoms with Crippen molar-refractivity contribution in [1.82, 2.24) is 5.32 Å². The number of thioether (sulfide) groups is 1. The second kappa shape index (κ2) is 6.55. The third-order valence-corrected chi connectivity index (χ3v) is 2.99. The zero-order valence-electron chi connectivity index (χ0n) is 8.83. The van der Waals surface area contributed by atoms with Gasteiger partial charge in [0.05, 0.1) is 5.75 Å². The summed E-state index contributed by atoms with van der Waals surface area (Å²) in [5.74, 6) is 0.425. The highest BCUT2D eigenvalue weighted by Crippen LogP contribution is 2.15. The first-order valence-electron chi connectivity index (χ1n) is 4.70. The van der Waals surface area contributed by atoms with Crippen molar-refractivity contribution in [2.24, 2.45) is 0 Å². The van der Waals surface area contributed by atoms with E-state index in [9.17, 15) is 9.59 Å². The predicted molar refractivity (Wildman–Crippen MR) is 66.4 cm³/mol. The Labute approximate surface area is 104 Å². The Hall–Kier alpha value is -1.00. The van der Waals surface area contributed by atoms with E-state index in [4.69, 9.17) is 11.6 Å². The van der Waals surface area contributed by atoms with Gasteiger partial charge >= 0.3 is 0 Å². The van der Waals surface area contributed by atoms with E-state index < -0.39 is 0 Å². The Morgan fingerprint density at radius 3 is 2.50 bits per heavy atom. The van der Waals surface area contributed by atoms with Crippen LogP contribution in [0.15, 0.2) is 24.3 Å². The Bertz CT molecular complexity index is 378. The van der Waals surface area contributed by atoms with Gasteiger partial charge in [0, 0.05) is 17.7 Å². The Balaban J connectivity index is 2.28. The molecule has 0 aliphatic rings. The minimum atomic E-state index is -0.322. The molecule has 1 aromatic rings. The molecule has 1 rings (SSSR count). The summed E-state index contributed by atoms with van der Waals surface area (Å²) in [4.78, 5) is 21.7. The first-order valence-corrected chi connectivity index (χ1v) is 6.24. The van der Waals surface area contributed by atoms with Gasteiger partial charge in [-0.25, -0.2) is 0 Å². The predicted octanol–water partition coefficient (Wildman–Crippen LogP) is 2.24. The van der Waals surface area contributed by atoms with Gasteiger partial charge in [-0.2, -0.15) is 0 Å². The third kappa shape index (κ3) is 5.19. The molecule has 0 atom stereocenters. The van der Waals surface area contributed by atoms with Crippen LogP contribution in [-0.2, 0) is 15.3 Å². The van der Waals surface area contributed by atoms with Crippen LogP contribution in [-0.4, -0.2) is 17.6 Å². The lowest BCUT2D eigenvalue weighted by atomic mass is 10.2. The average Bonchev–Trinajstić information content (AvgIpc) is 2.20. The van der Waals surface area contributed by atoms with Crippen molar-refractivity contribution in [3.05, 3.63) is 34.9 Å². The molecule has 0 unspecified atom stereocenters. The molecule has 0 heterocycles. The molecule has 5 heteroatoms. The number of hydrogen-bond acceptors (Lipinski definition) is 3. The van der Waals surface area contributed by atoms with Crippen molar-refractivity contribution in [1.29, 1.82) is 0 Å². The summed E-state index contributed by atoms with van der Waals surface area (Å²) in [6.45, 7) is 1.32. The number of benzene rings is 1. The Kier molecular flexibility index (Phi) is 5.35. The van der Waals surface area contributed by atoms with Crippen LogP contribution >= 0.6 is 23.4 Å². The van der Waals surface area contributed by atoms with Gasteiger partial charge < -0.3 is 0 Å². The van der Waals surface area contributed by atoms with Crippen LogP contribution in [0.3, 0.4) is 0 Å². The molecule has 0 spiro atoms. The van der Waals surface area contributed by atoms with E-state index in [0.717, 1.165) is 11.3 Å². The summed E-state index contributed by atoms with van der Waals surface area (Å²) in [6, 6.07) is 7.45. The van der Waals surface area contributed by atoms with Gasteiger partial charge in [0.2, 0.25) is 11.8 Å². The molecule has 2 amide bonds. The Morgan fingerprint density at radius 2 is 1.94 bits per heavy atom. The fourth-order valence-electron chi connectivity index (χ4n) is 1.07. The summed E-state index contributed by atoms with van der Waals surface area (Å²) in [6.07, 6.45) is 0. The van der Waals surface area contributed by atoms with Crippen LogP contribution < -0.4 is 5.32 Å². The lowest BCUT2D eigenvalue weighted by Crippen LogP contribution is -2.29. The first-order chi connectivity index (χ1) is 7.58. The second-order valence-corrected chi connectivity index (χ2v) is 4.65. The third-order valence-electron chi connectivity index (χ3n) is 1.73. The molecule has 0 aliphatic carbocycles.